The highest BCUT2D eigenvalue weighted by Gasteiger charge is 2.33. The van der Waals surface area contributed by atoms with Gasteiger partial charge >= 0.3 is 0 Å². The van der Waals surface area contributed by atoms with Crippen LogP contribution in [0.2, 0.25) is 0 Å². The summed E-state index contributed by atoms with van der Waals surface area (Å²) >= 11 is 0. The SMILES string of the molecule is COCCCC[C@H](c1cccc(F)c1-c1cccc(C)c1)c1cccc(C=O)c1N1C[C@@H](N)[C@@H](O)C1. The summed E-state index contributed by atoms with van der Waals surface area (Å²) in [5, 5.41) is 10.4. The molecular weight excluding hydrogens is 455 g/mol. The van der Waals surface area contributed by atoms with Crippen LogP contribution in [0.25, 0.3) is 11.1 Å². The molecule has 3 atom stereocenters. The highest BCUT2D eigenvalue weighted by Crippen LogP contribution is 2.43. The highest BCUT2D eigenvalue weighted by molar-refractivity contribution is 5.87. The van der Waals surface area contributed by atoms with Gasteiger partial charge in [-0.3, -0.25) is 4.79 Å². The molecule has 0 bridgehead atoms. The van der Waals surface area contributed by atoms with Crippen LogP contribution in [0, 0.1) is 12.7 Å². The molecule has 190 valence electrons. The summed E-state index contributed by atoms with van der Waals surface area (Å²) in [4.78, 5) is 14.1. The lowest BCUT2D eigenvalue weighted by molar-refractivity contribution is 0.112. The van der Waals surface area contributed by atoms with Crippen LogP contribution >= 0.6 is 0 Å². The van der Waals surface area contributed by atoms with E-state index < -0.39 is 12.1 Å². The largest absolute Gasteiger partial charge is 0.390 e. The minimum absolute atomic E-state index is 0.170. The third-order valence-corrected chi connectivity index (χ3v) is 7.07. The standard InChI is InChI=1S/C30H35FN2O3/c1-20-8-5-9-21(16-20)29-24(12-7-14-26(29)31)23(11-3-4-15-36-2)25-13-6-10-22(19-34)30(25)33-17-27(32)28(35)18-33/h5-10,12-14,16,19,23,27-28,35H,3-4,11,15,17-18,32H2,1-2H3/t23-,27-,28+/m1/s1. The molecule has 0 aliphatic carbocycles. The quantitative estimate of drug-likeness (QED) is 0.307. The van der Waals surface area contributed by atoms with E-state index >= 15 is 4.39 Å². The van der Waals surface area contributed by atoms with E-state index in [1.165, 1.54) is 6.07 Å². The Balaban J connectivity index is 1.89. The summed E-state index contributed by atoms with van der Waals surface area (Å²) in [6.45, 7) is 3.45. The zero-order valence-corrected chi connectivity index (χ0v) is 21.0. The van der Waals surface area contributed by atoms with Crippen molar-refractivity contribution in [3.63, 3.8) is 0 Å². The minimum Gasteiger partial charge on any atom is -0.390 e. The van der Waals surface area contributed by atoms with Crippen molar-refractivity contribution in [2.45, 2.75) is 44.2 Å². The maximum absolute atomic E-state index is 15.5. The van der Waals surface area contributed by atoms with Crippen LogP contribution in [0.4, 0.5) is 10.1 Å². The average molecular weight is 491 g/mol. The first-order valence-corrected chi connectivity index (χ1v) is 12.6. The molecule has 4 rings (SSSR count). The van der Waals surface area contributed by atoms with Crippen LogP contribution in [0.3, 0.4) is 0 Å². The van der Waals surface area contributed by atoms with Gasteiger partial charge in [0.25, 0.3) is 0 Å². The number of carbonyl (C=O) groups is 1. The van der Waals surface area contributed by atoms with E-state index in [0.717, 1.165) is 53.5 Å². The summed E-state index contributed by atoms with van der Waals surface area (Å²) in [7, 11) is 1.69. The Labute approximate surface area is 212 Å². The summed E-state index contributed by atoms with van der Waals surface area (Å²) in [6, 6.07) is 18.4. The molecule has 0 amide bonds. The number of aldehydes is 1. The number of carbonyl (C=O) groups excluding carboxylic acids is 1. The van der Waals surface area contributed by atoms with E-state index in [4.69, 9.17) is 10.5 Å². The van der Waals surface area contributed by atoms with Crippen molar-refractivity contribution in [3.05, 3.63) is 88.7 Å². The molecule has 0 spiro atoms. The number of rotatable bonds is 10. The molecule has 1 saturated heterocycles. The van der Waals surface area contributed by atoms with Crippen LogP contribution in [0.1, 0.15) is 52.2 Å². The number of ether oxygens (including phenoxy) is 1. The Morgan fingerprint density at radius 1 is 1.11 bits per heavy atom. The molecule has 3 aromatic carbocycles. The number of aliphatic hydroxyl groups excluding tert-OH is 1. The number of halogens is 1. The molecule has 1 heterocycles. The van der Waals surface area contributed by atoms with Gasteiger partial charge in [0.05, 0.1) is 11.8 Å². The molecular formula is C30H35FN2O3. The maximum atomic E-state index is 15.5. The molecule has 1 aliphatic rings. The number of anilines is 1. The molecule has 0 unspecified atom stereocenters. The highest BCUT2D eigenvalue weighted by atomic mass is 19.1. The van der Waals surface area contributed by atoms with E-state index in [1.807, 2.05) is 54.3 Å². The smallest absolute Gasteiger partial charge is 0.152 e. The van der Waals surface area contributed by atoms with E-state index in [1.54, 1.807) is 19.2 Å². The van der Waals surface area contributed by atoms with Gasteiger partial charge < -0.3 is 20.5 Å². The molecule has 36 heavy (non-hydrogen) atoms. The first kappa shape index (κ1) is 26.0. The molecule has 1 fully saturated rings. The fourth-order valence-electron chi connectivity index (χ4n) is 5.33. The molecule has 6 heteroatoms. The monoisotopic (exact) mass is 490 g/mol. The van der Waals surface area contributed by atoms with Gasteiger partial charge in [-0.2, -0.15) is 0 Å². The fraction of sp³-hybridized carbons (Fsp3) is 0.367. The van der Waals surface area contributed by atoms with Gasteiger partial charge in [-0.05, 0) is 48.6 Å². The normalized spacial score (nSPS) is 18.4. The Kier molecular flexibility index (Phi) is 8.52. The third kappa shape index (κ3) is 5.51. The number of hydrogen-bond donors (Lipinski definition) is 2. The predicted molar refractivity (Wildman–Crippen MR) is 142 cm³/mol. The Hall–Kier alpha value is -3.06. The van der Waals surface area contributed by atoms with Crippen molar-refractivity contribution >= 4 is 12.0 Å². The number of β-amino-alcohol motifs (C(OH)–C–C–N with tert-alkyl or cyclic N) is 1. The number of aliphatic hydroxyl groups is 1. The second kappa shape index (κ2) is 11.8. The second-order valence-electron chi connectivity index (χ2n) is 9.65. The van der Waals surface area contributed by atoms with Crippen LogP contribution in [0.15, 0.2) is 60.7 Å². The van der Waals surface area contributed by atoms with E-state index in [-0.39, 0.29) is 11.7 Å². The van der Waals surface area contributed by atoms with Crippen LogP contribution in [0.5, 0.6) is 0 Å². The number of benzene rings is 3. The first-order chi connectivity index (χ1) is 17.4. The summed E-state index contributed by atoms with van der Waals surface area (Å²) in [5.41, 5.74) is 11.8. The summed E-state index contributed by atoms with van der Waals surface area (Å²) < 4.78 is 20.8. The van der Waals surface area contributed by atoms with Gasteiger partial charge in [-0.1, -0.05) is 60.5 Å². The molecule has 5 nitrogen and oxygen atoms in total. The van der Waals surface area contributed by atoms with Crippen molar-refractivity contribution in [3.8, 4) is 11.1 Å². The second-order valence-corrected chi connectivity index (χ2v) is 9.65. The van der Waals surface area contributed by atoms with Crippen molar-refractivity contribution in [1.29, 1.82) is 0 Å². The lowest BCUT2D eigenvalue weighted by atomic mass is 9.81. The average Bonchev–Trinajstić information content (AvgIpc) is 3.21. The lowest BCUT2D eigenvalue weighted by Crippen LogP contribution is -2.32. The van der Waals surface area contributed by atoms with Crippen LogP contribution < -0.4 is 10.6 Å². The van der Waals surface area contributed by atoms with Gasteiger partial charge in [0.1, 0.15) is 5.82 Å². The Morgan fingerprint density at radius 2 is 1.86 bits per heavy atom. The number of nitrogens with two attached hydrogens (primary N) is 1. The van der Waals surface area contributed by atoms with Gasteiger partial charge in [-0.25, -0.2) is 4.39 Å². The number of methoxy groups -OCH3 is 1. The molecule has 0 radical (unpaired) electrons. The van der Waals surface area contributed by atoms with Gasteiger partial charge in [0.2, 0.25) is 0 Å². The van der Waals surface area contributed by atoms with E-state index in [9.17, 15) is 9.90 Å². The minimum atomic E-state index is -0.672. The van der Waals surface area contributed by atoms with Crippen molar-refractivity contribution in [2.75, 3.05) is 31.7 Å². The van der Waals surface area contributed by atoms with Crippen molar-refractivity contribution < 1.29 is 19.0 Å². The number of nitrogens with zero attached hydrogens (tertiary/aromatic N) is 1. The molecule has 1 aliphatic heterocycles. The Morgan fingerprint density at radius 3 is 2.56 bits per heavy atom. The zero-order chi connectivity index (χ0) is 25.7. The van der Waals surface area contributed by atoms with Crippen LogP contribution in [-0.2, 0) is 4.74 Å². The lowest BCUT2D eigenvalue weighted by Gasteiger charge is -2.29. The molecule has 0 aromatic heterocycles. The number of unbranched alkanes of at least 4 members (excludes halogenated alkanes) is 1. The van der Waals surface area contributed by atoms with Crippen molar-refractivity contribution in [1.82, 2.24) is 0 Å². The first-order valence-electron chi connectivity index (χ1n) is 12.6. The fourth-order valence-corrected chi connectivity index (χ4v) is 5.33. The predicted octanol–water partition coefficient (Wildman–Crippen LogP) is 5.07. The summed E-state index contributed by atoms with van der Waals surface area (Å²) in [6.07, 6.45) is 2.68. The number of para-hydroxylation sites is 1. The maximum Gasteiger partial charge on any atom is 0.152 e. The van der Waals surface area contributed by atoms with E-state index in [2.05, 4.69) is 0 Å². The summed E-state index contributed by atoms with van der Waals surface area (Å²) in [5.74, 6) is -0.441. The van der Waals surface area contributed by atoms with Gasteiger partial charge in [0, 0.05) is 49.9 Å². The zero-order valence-electron chi connectivity index (χ0n) is 21.0. The molecule has 3 aromatic rings. The van der Waals surface area contributed by atoms with Gasteiger partial charge in [0.15, 0.2) is 6.29 Å². The van der Waals surface area contributed by atoms with E-state index in [0.29, 0.717) is 30.8 Å². The number of hydrogen-bond acceptors (Lipinski definition) is 5. The third-order valence-electron chi connectivity index (χ3n) is 7.07. The van der Waals surface area contributed by atoms with Crippen molar-refractivity contribution in [2.24, 2.45) is 5.73 Å². The number of aryl methyl sites for hydroxylation is 1. The van der Waals surface area contributed by atoms with Crippen LogP contribution in [-0.4, -0.2) is 50.3 Å². The van der Waals surface area contributed by atoms with Gasteiger partial charge in [-0.15, -0.1) is 0 Å². The molecule has 3 N–H and O–H groups in total. The topological polar surface area (TPSA) is 75.8 Å². The Bertz CT molecular complexity index is 1190. The molecule has 0 saturated carbocycles.